The smallest absolute Gasteiger partial charge is 0.243 e. The molecule has 2 N–H and O–H groups in total. The summed E-state index contributed by atoms with van der Waals surface area (Å²) in [4.78, 5) is 12.2. The van der Waals surface area contributed by atoms with E-state index >= 15 is 0 Å². The predicted octanol–water partition coefficient (Wildman–Crippen LogP) is 3.44. The van der Waals surface area contributed by atoms with Crippen LogP contribution < -0.4 is 10.6 Å². The third kappa shape index (κ3) is 4.69. The first-order chi connectivity index (χ1) is 13.1. The van der Waals surface area contributed by atoms with Crippen LogP contribution in [0.25, 0.3) is 11.4 Å². The molecule has 2 aromatic carbocycles. The molecule has 1 aromatic heterocycles. The lowest BCUT2D eigenvalue weighted by Crippen LogP contribution is -2.21. The minimum atomic E-state index is -0.1000. The Morgan fingerprint density at radius 3 is 2.59 bits per heavy atom. The van der Waals surface area contributed by atoms with Gasteiger partial charge in [-0.2, -0.15) is 0 Å². The lowest BCUT2D eigenvalue weighted by molar-refractivity contribution is -0.114. The number of nitrogens with zero attached hydrogens (tertiary/aromatic N) is 4. The standard InChI is InChI=1S/C20H24N6O/c1-4-14(2)15-8-10-17(11-9-15)22-19(27)13-21-18-7-5-6-16(12-18)20-23-24-25-26(20)3/h5-12,14,21H,4,13H2,1-3H3,(H,22,27). The van der Waals surface area contributed by atoms with E-state index in [0.717, 1.165) is 23.4 Å². The van der Waals surface area contributed by atoms with Crippen LogP contribution in [0.2, 0.25) is 0 Å². The van der Waals surface area contributed by atoms with E-state index in [9.17, 15) is 4.79 Å². The van der Waals surface area contributed by atoms with Gasteiger partial charge in [0.2, 0.25) is 5.91 Å². The number of amides is 1. The zero-order chi connectivity index (χ0) is 19.2. The summed E-state index contributed by atoms with van der Waals surface area (Å²) in [6.07, 6.45) is 1.10. The number of anilines is 2. The van der Waals surface area contributed by atoms with E-state index in [-0.39, 0.29) is 12.5 Å². The van der Waals surface area contributed by atoms with Crippen molar-refractivity contribution in [3.63, 3.8) is 0 Å². The second-order valence-corrected chi connectivity index (χ2v) is 6.54. The first-order valence-corrected chi connectivity index (χ1v) is 9.03. The maximum atomic E-state index is 12.2. The van der Waals surface area contributed by atoms with Crippen molar-refractivity contribution in [1.82, 2.24) is 20.2 Å². The second kappa shape index (κ2) is 8.44. The number of benzene rings is 2. The Morgan fingerprint density at radius 2 is 1.93 bits per heavy atom. The number of hydrogen-bond donors (Lipinski definition) is 2. The molecule has 7 nitrogen and oxygen atoms in total. The molecule has 0 spiro atoms. The van der Waals surface area contributed by atoms with Crippen molar-refractivity contribution in [1.29, 1.82) is 0 Å². The third-order valence-electron chi connectivity index (χ3n) is 4.57. The van der Waals surface area contributed by atoms with Crippen molar-refractivity contribution in [2.24, 2.45) is 7.05 Å². The van der Waals surface area contributed by atoms with E-state index in [0.29, 0.717) is 11.7 Å². The molecule has 0 aliphatic heterocycles. The third-order valence-corrected chi connectivity index (χ3v) is 4.57. The van der Waals surface area contributed by atoms with Crippen molar-refractivity contribution in [2.45, 2.75) is 26.2 Å². The zero-order valence-corrected chi connectivity index (χ0v) is 15.8. The molecule has 0 saturated heterocycles. The van der Waals surface area contributed by atoms with Crippen LogP contribution in [-0.2, 0) is 11.8 Å². The van der Waals surface area contributed by atoms with Crippen LogP contribution in [0.1, 0.15) is 31.7 Å². The summed E-state index contributed by atoms with van der Waals surface area (Å²) < 4.78 is 1.61. The minimum absolute atomic E-state index is 0.1000. The highest BCUT2D eigenvalue weighted by atomic mass is 16.1. The Morgan fingerprint density at radius 1 is 1.15 bits per heavy atom. The van der Waals surface area contributed by atoms with Crippen LogP contribution in [0.4, 0.5) is 11.4 Å². The summed E-state index contributed by atoms with van der Waals surface area (Å²) in [6.45, 7) is 4.54. The molecule has 0 aliphatic rings. The van der Waals surface area contributed by atoms with Gasteiger partial charge in [-0.3, -0.25) is 4.79 Å². The molecule has 27 heavy (non-hydrogen) atoms. The van der Waals surface area contributed by atoms with Crippen molar-refractivity contribution in [3.8, 4) is 11.4 Å². The van der Waals surface area contributed by atoms with Crippen LogP contribution in [-0.4, -0.2) is 32.7 Å². The van der Waals surface area contributed by atoms with Gasteiger partial charge in [-0.05, 0) is 52.6 Å². The lowest BCUT2D eigenvalue weighted by Gasteiger charge is -2.11. The number of carbonyl (C=O) groups excluding carboxylic acids is 1. The van der Waals surface area contributed by atoms with Crippen LogP contribution in [0, 0.1) is 0 Å². The summed E-state index contributed by atoms with van der Waals surface area (Å²) in [6, 6.07) is 15.7. The van der Waals surface area contributed by atoms with Crippen LogP contribution in [0.5, 0.6) is 0 Å². The molecule has 3 rings (SSSR count). The Balaban J connectivity index is 1.57. The van der Waals surface area contributed by atoms with Crippen molar-refractivity contribution >= 4 is 17.3 Å². The van der Waals surface area contributed by atoms with Gasteiger partial charge in [0.05, 0.1) is 6.54 Å². The number of rotatable bonds is 7. The minimum Gasteiger partial charge on any atom is -0.376 e. The van der Waals surface area contributed by atoms with E-state index < -0.39 is 0 Å². The van der Waals surface area contributed by atoms with E-state index in [2.05, 4.69) is 52.1 Å². The average molecular weight is 364 g/mol. The first kappa shape index (κ1) is 18.6. The molecule has 0 radical (unpaired) electrons. The maximum Gasteiger partial charge on any atom is 0.243 e. The van der Waals surface area contributed by atoms with Gasteiger partial charge in [0.25, 0.3) is 0 Å². The summed E-state index contributed by atoms with van der Waals surface area (Å²) in [5.74, 6) is 1.09. The van der Waals surface area contributed by atoms with Gasteiger partial charge in [-0.25, -0.2) is 4.68 Å². The van der Waals surface area contributed by atoms with Crippen molar-refractivity contribution < 1.29 is 4.79 Å². The molecule has 140 valence electrons. The highest BCUT2D eigenvalue weighted by Crippen LogP contribution is 2.21. The largest absolute Gasteiger partial charge is 0.376 e. The van der Waals surface area contributed by atoms with Gasteiger partial charge >= 0.3 is 0 Å². The highest BCUT2D eigenvalue weighted by Gasteiger charge is 2.08. The quantitative estimate of drug-likeness (QED) is 0.671. The molecule has 1 unspecified atom stereocenters. The summed E-state index contributed by atoms with van der Waals surface area (Å²) in [5.41, 5.74) is 3.79. The van der Waals surface area contributed by atoms with Crippen LogP contribution >= 0.6 is 0 Å². The Hall–Kier alpha value is -3.22. The molecule has 0 saturated carbocycles. The molecule has 7 heteroatoms. The fourth-order valence-corrected chi connectivity index (χ4v) is 2.76. The Kier molecular flexibility index (Phi) is 5.80. The van der Waals surface area contributed by atoms with Crippen molar-refractivity contribution in [3.05, 3.63) is 54.1 Å². The van der Waals surface area contributed by atoms with E-state index in [1.165, 1.54) is 5.56 Å². The summed E-state index contributed by atoms with van der Waals surface area (Å²) in [7, 11) is 1.79. The molecular weight excluding hydrogens is 340 g/mol. The van der Waals surface area contributed by atoms with Gasteiger partial charge in [0, 0.05) is 24.0 Å². The number of hydrogen-bond acceptors (Lipinski definition) is 5. The molecule has 0 bridgehead atoms. The molecule has 1 atom stereocenters. The molecular formula is C20H24N6O. The monoisotopic (exact) mass is 364 g/mol. The van der Waals surface area contributed by atoms with Gasteiger partial charge in [0.15, 0.2) is 5.82 Å². The fraction of sp³-hybridized carbons (Fsp3) is 0.300. The number of carbonyl (C=O) groups is 1. The number of aromatic nitrogens is 4. The van der Waals surface area contributed by atoms with E-state index in [1.54, 1.807) is 11.7 Å². The normalized spacial score (nSPS) is 11.8. The topological polar surface area (TPSA) is 84.7 Å². The number of aryl methyl sites for hydroxylation is 1. The average Bonchev–Trinajstić information content (AvgIpc) is 3.12. The Labute approximate surface area is 158 Å². The summed E-state index contributed by atoms with van der Waals surface area (Å²) >= 11 is 0. The molecule has 1 heterocycles. The predicted molar refractivity (Wildman–Crippen MR) is 107 cm³/mol. The van der Waals surface area contributed by atoms with E-state index in [4.69, 9.17) is 0 Å². The number of tetrazole rings is 1. The number of nitrogens with one attached hydrogen (secondary N) is 2. The van der Waals surface area contributed by atoms with Gasteiger partial charge in [-0.15, -0.1) is 5.10 Å². The SMILES string of the molecule is CCC(C)c1ccc(NC(=O)CNc2cccc(-c3nnnn3C)c2)cc1. The molecule has 0 aliphatic carbocycles. The first-order valence-electron chi connectivity index (χ1n) is 9.03. The lowest BCUT2D eigenvalue weighted by atomic mass is 9.99. The molecule has 1 amide bonds. The van der Waals surface area contributed by atoms with E-state index in [1.807, 2.05) is 36.4 Å². The van der Waals surface area contributed by atoms with Crippen LogP contribution in [0.3, 0.4) is 0 Å². The van der Waals surface area contributed by atoms with Crippen molar-refractivity contribution in [2.75, 3.05) is 17.2 Å². The fourth-order valence-electron chi connectivity index (χ4n) is 2.76. The Bertz CT molecular complexity index is 903. The molecule has 0 fully saturated rings. The van der Waals surface area contributed by atoms with Gasteiger partial charge in [0.1, 0.15) is 0 Å². The molecule has 3 aromatic rings. The van der Waals surface area contributed by atoms with Crippen LogP contribution in [0.15, 0.2) is 48.5 Å². The van der Waals surface area contributed by atoms with Gasteiger partial charge < -0.3 is 10.6 Å². The summed E-state index contributed by atoms with van der Waals surface area (Å²) in [5, 5.41) is 17.5. The highest BCUT2D eigenvalue weighted by molar-refractivity contribution is 5.93. The second-order valence-electron chi connectivity index (χ2n) is 6.54. The van der Waals surface area contributed by atoms with Gasteiger partial charge in [-0.1, -0.05) is 38.1 Å². The maximum absolute atomic E-state index is 12.2. The zero-order valence-electron chi connectivity index (χ0n) is 15.8.